The summed E-state index contributed by atoms with van der Waals surface area (Å²) in [6.45, 7) is 4.09. The van der Waals surface area contributed by atoms with E-state index in [2.05, 4.69) is 6.58 Å². The third kappa shape index (κ3) is 4.09. The predicted octanol–water partition coefficient (Wildman–Crippen LogP) is 2.26. The van der Waals surface area contributed by atoms with Crippen LogP contribution in [0.2, 0.25) is 0 Å². The van der Waals surface area contributed by atoms with E-state index >= 15 is 0 Å². The summed E-state index contributed by atoms with van der Waals surface area (Å²) < 4.78 is 25.0. The van der Waals surface area contributed by atoms with Gasteiger partial charge in [-0.2, -0.15) is 0 Å². The summed E-state index contributed by atoms with van der Waals surface area (Å²) in [6, 6.07) is -0.280. The van der Waals surface area contributed by atoms with Crippen molar-refractivity contribution in [2.24, 2.45) is 0 Å². The standard InChI is InChI=1S/C20H25N3O4S3/c1-3-9-23-19(25)17-14-6-4-5-7-15(14)29-18(17)21-20(23)28-11-16(24)22(2)13-8-10-30(26,27)12-13/h3,13H,1,4-12H2,2H3. The van der Waals surface area contributed by atoms with Gasteiger partial charge >= 0.3 is 0 Å². The number of carbonyl (C=O) groups excluding carboxylic acids is 1. The molecule has 1 atom stereocenters. The van der Waals surface area contributed by atoms with Gasteiger partial charge in [0.05, 0.1) is 22.6 Å². The number of rotatable bonds is 6. The number of fused-ring (bicyclic) bond motifs is 3. The number of nitrogens with zero attached hydrogens (tertiary/aromatic N) is 3. The number of sulfone groups is 1. The first-order valence-corrected chi connectivity index (χ1v) is 13.7. The molecule has 1 aliphatic heterocycles. The highest BCUT2D eigenvalue weighted by atomic mass is 32.2. The molecule has 7 nitrogen and oxygen atoms in total. The molecule has 1 aliphatic carbocycles. The van der Waals surface area contributed by atoms with Crippen molar-refractivity contribution in [3.63, 3.8) is 0 Å². The molecule has 2 aliphatic rings. The molecule has 0 aromatic carbocycles. The molecule has 1 amide bonds. The summed E-state index contributed by atoms with van der Waals surface area (Å²) in [4.78, 5) is 34.2. The van der Waals surface area contributed by atoms with Crippen molar-refractivity contribution in [1.29, 1.82) is 0 Å². The molecule has 0 radical (unpaired) electrons. The molecule has 10 heteroatoms. The third-order valence-corrected chi connectivity index (χ3v) is 9.72. The Hall–Kier alpha value is -1.65. The van der Waals surface area contributed by atoms with Gasteiger partial charge < -0.3 is 4.90 Å². The second-order valence-corrected chi connectivity index (χ2v) is 12.1. The molecule has 2 aromatic heterocycles. The second kappa shape index (κ2) is 8.47. The summed E-state index contributed by atoms with van der Waals surface area (Å²) in [5.41, 5.74) is 1.08. The number of thioether (sulfide) groups is 1. The monoisotopic (exact) mass is 467 g/mol. The fourth-order valence-corrected chi connectivity index (χ4v) is 8.14. The van der Waals surface area contributed by atoms with Crippen LogP contribution in [0.5, 0.6) is 0 Å². The molecule has 0 spiro atoms. The molecule has 162 valence electrons. The number of aryl methyl sites for hydroxylation is 2. The number of carbonyl (C=O) groups is 1. The van der Waals surface area contributed by atoms with Crippen LogP contribution in [0.1, 0.15) is 29.7 Å². The zero-order valence-electron chi connectivity index (χ0n) is 16.9. The lowest BCUT2D eigenvalue weighted by Crippen LogP contribution is -2.39. The Kier molecular flexibility index (Phi) is 6.09. The highest BCUT2D eigenvalue weighted by Gasteiger charge is 2.32. The van der Waals surface area contributed by atoms with Crippen LogP contribution >= 0.6 is 23.1 Å². The Labute approximate surface area is 184 Å². The van der Waals surface area contributed by atoms with Crippen LogP contribution < -0.4 is 5.56 Å². The van der Waals surface area contributed by atoms with Crippen molar-refractivity contribution < 1.29 is 13.2 Å². The molecule has 0 N–H and O–H groups in total. The number of aromatic nitrogens is 2. The topological polar surface area (TPSA) is 89.3 Å². The van der Waals surface area contributed by atoms with Gasteiger partial charge in [0, 0.05) is 24.5 Å². The number of amides is 1. The Morgan fingerprint density at radius 3 is 2.87 bits per heavy atom. The summed E-state index contributed by atoms with van der Waals surface area (Å²) in [7, 11) is -1.41. The smallest absolute Gasteiger partial charge is 0.263 e. The average molecular weight is 468 g/mol. The van der Waals surface area contributed by atoms with E-state index in [9.17, 15) is 18.0 Å². The Morgan fingerprint density at radius 1 is 1.40 bits per heavy atom. The highest BCUT2D eigenvalue weighted by molar-refractivity contribution is 7.99. The van der Waals surface area contributed by atoms with Crippen molar-refractivity contribution in [1.82, 2.24) is 14.5 Å². The quantitative estimate of drug-likeness (QED) is 0.368. The lowest BCUT2D eigenvalue weighted by molar-refractivity contribution is -0.128. The largest absolute Gasteiger partial charge is 0.341 e. The van der Waals surface area contributed by atoms with E-state index < -0.39 is 9.84 Å². The summed E-state index contributed by atoms with van der Waals surface area (Å²) in [5, 5.41) is 1.23. The van der Waals surface area contributed by atoms with Crippen LogP contribution in [0.3, 0.4) is 0 Å². The van der Waals surface area contributed by atoms with Crippen LogP contribution in [-0.4, -0.2) is 59.1 Å². The van der Waals surface area contributed by atoms with Crippen molar-refractivity contribution in [2.45, 2.75) is 49.8 Å². The summed E-state index contributed by atoms with van der Waals surface area (Å²) in [6.07, 6.45) is 6.28. The molecule has 1 saturated heterocycles. The van der Waals surface area contributed by atoms with Crippen LogP contribution in [0, 0.1) is 0 Å². The maximum atomic E-state index is 13.2. The van der Waals surface area contributed by atoms with Crippen molar-refractivity contribution in [3.8, 4) is 0 Å². The number of thiophene rings is 1. The van der Waals surface area contributed by atoms with E-state index in [1.54, 1.807) is 29.0 Å². The SMILES string of the molecule is C=CCn1c(SCC(=O)N(C)C2CCS(=O)(=O)C2)nc2sc3c(c2c1=O)CCCC3. The number of hydrogen-bond acceptors (Lipinski definition) is 7. The fourth-order valence-electron chi connectivity index (χ4n) is 4.13. The Balaban J connectivity index is 1.59. The molecule has 1 fully saturated rings. The van der Waals surface area contributed by atoms with Crippen LogP contribution in [0.4, 0.5) is 0 Å². The van der Waals surface area contributed by atoms with E-state index in [0.717, 1.165) is 41.5 Å². The molecule has 30 heavy (non-hydrogen) atoms. The minimum atomic E-state index is -3.06. The van der Waals surface area contributed by atoms with Crippen molar-refractivity contribution in [3.05, 3.63) is 33.4 Å². The van der Waals surface area contributed by atoms with Gasteiger partial charge in [-0.3, -0.25) is 14.2 Å². The van der Waals surface area contributed by atoms with Gasteiger partial charge in [-0.25, -0.2) is 13.4 Å². The maximum absolute atomic E-state index is 13.2. The van der Waals surface area contributed by atoms with Gasteiger partial charge in [-0.15, -0.1) is 17.9 Å². The first-order chi connectivity index (χ1) is 14.3. The van der Waals surface area contributed by atoms with Gasteiger partial charge in [0.1, 0.15) is 4.83 Å². The maximum Gasteiger partial charge on any atom is 0.263 e. The van der Waals surface area contributed by atoms with Gasteiger partial charge in [0.25, 0.3) is 5.56 Å². The zero-order valence-corrected chi connectivity index (χ0v) is 19.4. The second-order valence-electron chi connectivity index (χ2n) is 7.84. The number of hydrogen-bond donors (Lipinski definition) is 0. The molecule has 1 unspecified atom stereocenters. The van der Waals surface area contributed by atoms with E-state index in [1.165, 1.54) is 21.5 Å². The minimum Gasteiger partial charge on any atom is -0.341 e. The van der Waals surface area contributed by atoms with Crippen LogP contribution in [0.15, 0.2) is 22.6 Å². The predicted molar refractivity (Wildman–Crippen MR) is 121 cm³/mol. The molecule has 0 bridgehead atoms. The Morgan fingerprint density at radius 2 is 2.17 bits per heavy atom. The zero-order chi connectivity index (χ0) is 21.5. The van der Waals surface area contributed by atoms with Crippen LogP contribution in [0.25, 0.3) is 10.2 Å². The lowest BCUT2D eigenvalue weighted by Gasteiger charge is -2.23. The van der Waals surface area contributed by atoms with E-state index in [-0.39, 0.29) is 34.8 Å². The normalized spacial score (nSPS) is 20.2. The molecule has 2 aromatic rings. The summed E-state index contributed by atoms with van der Waals surface area (Å²) >= 11 is 2.82. The van der Waals surface area contributed by atoms with E-state index in [1.807, 2.05) is 0 Å². The lowest BCUT2D eigenvalue weighted by atomic mass is 9.97. The fraction of sp³-hybridized carbons (Fsp3) is 0.550. The molecular weight excluding hydrogens is 442 g/mol. The van der Waals surface area contributed by atoms with Crippen molar-refractivity contribution in [2.75, 3.05) is 24.3 Å². The highest BCUT2D eigenvalue weighted by Crippen LogP contribution is 2.34. The summed E-state index contributed by atoms with van der Waals surface area (Å²) in [5.74, 6) is 0.0917. The third-order valence-electron chi connectivity index (χ3n) is 5.83. The van der Waals surface area contributed by atoms with Gasteiger partial charge in [0.15, 0.2) is 15.0 Å². The Bertz CT molecular complexity index is 1170. The van der Waals surface area contributed by atoms with Gasteiger partial charge in [-0.05, 0) is 37.7 Å². The first kappa shape index (κ1) is 21.6. The van der Waals surface area contributed by atoms with Crippen LogP contribution in [-0.2, 0) is 34.0 Å². The molecule has 0 saturated carbocycles. The minimum absolute atomic E-state index is 0.0199. The van der Waals surface area contributed by atoms with Crippen molar-refractivity contribution >= 4 is 49.1 Å². The van der Waals surface area contributed by atoms with E-state index in [4.69, 9.17) is 4.98 Å². The van der Waals surface area contributed by atoms with Gasteiger partial charge in [-0.1, -0.05) is 17.8 Å². The molecule has 4 rings (SSSR count). The van der Waals surface area contributed by atoms with E-state index in [0.29, 0.717) is 18.1 Å². The average Bonchev–Trinajstić information content (AvgIpc) is 3.27. The van der Waals surface area contributed by atoms with Gasteiger partial charge in [0.2, 0.25) is 5.91 Å². The first-order valence-electron chi connectivity index (χ1n) is 10.1. The molecule has 3 heterocycles. The molecular formula is C20H25N3O4S3. The number of allylic oxidation sites excluding steroid dienone is 1.